The van der Waals surface area contributed by atoms with E-state index in [1.807, 2.05) is 6.07 Å². The molecule has 0 radical (unpaired) electrons. The molecule has 1 aromatic heterocycles. The Balaban J connectivity index is 0. The molecule has 0 unspecified atom stereocenters. The molecular weight excluding hydrogens is 178 g/mol. The molecule has 5 nitrogen and oxygen atoms in total. The van der Waals surface area contributed by atoms with Crippen molar-refractivity contribution in [3.63, 3.8) is 0 Å². The smallest absolute Gasteiger partial charge is 0.286 e. The molecule has 10 heavy (non-hydrogen) atoms. The van der Waals surface area contributed by atoms with Crippen LogP contribution in [0.3, 0.4) is 0 Å². The van der Waals surface area contributed by atoms with E-state index in [0.29, 0.717) is 0 Å². The highest BCUT2D eigenvalue weighted by molar-refractivity contribution is 7.30. The van der Waals surface area contributed by atoms with Gasteiger partial charge >= 0.3 is 8.25 Å². The molecule has 1 heterocycles. The number of hydrogen-bond acceptors (Lipinski definition) is 2. The van der Waals surface area contributed by atoms with Gasteiger partial charge in [0.25, 0.3) is 0 Å². The molecule has 1 aromatic rings. The molecule has 3 N–H and O–H groups in total. The van der Waals surface area contributed by atoms with Gasteiger partial charge in [-0.25, -0.2) is 0 Å². The van der Waals surface area contributed by atoms with E-state index in [4.69, 9.17) is 14.4 Å². The van der Waals surface area contributed by atoms with E-state index in [9.17, 15) is 0 Å². The fraction of sp³-hybridized carbons (Fsp3) is 0. The number of nitrogens with one attached hydrogen (secondary N) is 1. The number of hydrogen-bond donors (Lipinski definition) is 3. The van der Waals surface area contributed by atoms with Crippen molar-refractivity contribution in [1.82, 2.24) is 10.2 Å². The lowest BCUT2D eigenvalue weighted by Crippen LogP contribution is -1.53. The summed E-state index contributed by atoms with van der Waals surface area (Å²) in [5.74, 6) is 0. The zero-order valence-electron chi connectivity index (χ0n) is 4.84. The highest BCUT2D eigenvalue weighted by Crippen LogP contribution is 1.98. The fourth-order valence-electron chi connectivity index (χ4n) is 0.215. The molecule has 0 fully saturated rings. The normalized spacial score (nSPS) is 6.60. The first-order chi connectivity index (χ1) is 4.23. The second-order valence-corrected chi connectivity index (χ2v) is 1.52. The van der Waals surface area contributed by atoms with Crippen LogP contribution in [0.1, 0.15) is 0 Å². The summed E-state index contributed by atoms with van der Waals surface area (Å²) in [5.41, 5.74) is 0. The van der Waals surface area contributed by atoms with E-state index in [1.54, 1.807) is 12.4 Å². The number of aromatic amines is 1. The molecule has 0 saturated carbocycles. The van der Waals surface area contributed by atoms with Crippen molar-refractivity contribution in [2.75, 3.05) is 0 Å². The van der Waals surface area contributed by atoms with E-state index in [-0.39, 0.29) is 12.4 Å². The Morgan fingerprint density at radius 2 is 2.00 bits per heavy atom. The minimum Gasteiger partial charge on any atom is -0.286 e. The van der Waals surface area contributed by atoms with Crippen LogP contribution >= 0.6 is 20.7 Å². The first-order valence-electron chi connectivity index (χ1n) is 2.02. The maximum atomic E-state index is 8.70. The average molecular weight is 186 g/mol. The van der Waals surface area contributed by atoms with Crippen LogP contribution in [0.15, 0.2) is 18.5 Å². The Kier molecular flexibility index (Phi) is 10.4. The van der Waals surface area contributed by atoms with Crippen molar-refractivity contribution in [3.05, 3.63) is 18.5 Å². The van der Waals surface area contributed by atoms with Crippen molar-refractivity contribution in [2.45, 2.75) is 0 Å². The molecule has 0 aliphatic heterocycles. The molecule has 0 aromatic carbocycles. The Labute approximate surface area is 64.5 Å². The van der Waals surface area contributed by atoms with Gasteiger partial charge in [-0.05, 0) is 6.07 Å². The molecule has 0 amide bonds. The molecule has 0 atom stereocenters. The van der Waals surface area contributed by atoms with Gasteiger partial charge in [-0.2, -0.15) is 5.10 Å². The average Bonchev–Trinajstić information content (AvgIpc) is 2.11. The number of aromatic nitrogens is 2. The minimum atomic E-state index is -2.87. The zero-order valence-corrected chi connectivity index (χ0v) is 6.55. The molecule has 0 aliphatic carbocycles. The van der Waals surface area contributed by atoms with Gasteiger partial charge in [0.05, 0.1) is 0 Å². The van der Waals surface area contributed by atoms with Crippen LogP contribution in [0.4, 0.5) is 0 Å². The van der Waals surface area contributed by atoms with Crippen molar-refractivity contribution in [3.8, 4) is 0 Å². The lowest BCUT2D eigenvalue weighted by atomic mass is 10.8. The summed E-state index contributed by atoms with van der Waals surface area (Å²) >= 11 is 0. The summed E-state index contributed by atoms with van der Waals surface area (Å²) in [6.45, 7) is 0. The fourth-order valence-corrected chi connectivity index (χ4v) is 0.215. The van der Waals surface area contributed by atoms with Crippen molar-refractivity contribution < 1.29 is 14.4 Å². The molecule has 0 saturated heterocycles. The van der Waals surface area contributed by atoms with E-state index < -0.39 is 8.25 Å². The maximum Gasteiger partial charge on any atom is 0.692 e. The van der Waals surface area contributed by atoms with Crippen molar-refractivity contribution in [2.24, 2.45) is 0 Å². The van der Waals surface area contributed by atoms with Crippen LogP contribution in [0.5, 0.6) is 0 Å². The third kappa shape index (κ3) is 15.6. The number of rotatable bonds is 0. The van der Waals surface area contributed by atoms with Gasteiger partial charge in [-0.15, -0.1) is 22.2 Å². The number of H-pyrrole nitrogens is 1. The van der Waals surface area contributed by atoms with E-state index in [2.05, 4.69) is 10.2 Å². The van der Waals surface area contributed by atoms with Crippen LogP contribution in [-0.4, -0.2) is 20.0 Å². The van der Waals surface area contributed by atoms with Crippen LogP contribution < -0.4 is 0 Å². The largest absolute Gasteiger partial charge is 0.692 e. The number of nitrogens with zero attached hydrogens (tertiary/aromatic N) is 1. The lowest BCUT2D eigenvalue weighted by Gasteiger charge is -1.49. The number of halogens is 1. The van der Waals surface area contributed by atoms with Gasteiger partial charge in [0, 0.05) is 17.0 Å². The van der Waals surface area contributed by atoms with Crippen LogP contribution in [0.25, 0.3) is 0 Å². The van der Waals surface area contributed by atoms with Gasteiger partial charge < -0.3 is 0 Å². The second kappa shape index (κ2) is 8.52. The molecule has 58 valence electrons. The molecule has 7 heteroatoms. The summed E-state index contributed by atoms with van der Waals surface area (Å²) in [4.78, 5) is 14.2. The van der Waals surface area contributed by atoms with Gasteiger partial charge in [0.1, 0.15) is 0 Å². The summed E-state index contributed by atoms with van der Waals surface area (Å²) in [5, 5.41) is 6.21. The van der Waals surface area contributed by atoms with Crippen LogP contribution in [0.2, 0.25) is 0 Å². The summed E-state index contributed by atoms with van der Waals surface area (Å²) in [7, 11) is -2.87. The lowest BCUT2D eigenvalue weighted by molar-refractivity contribution is 0.405. The van der Waals surface area contributed by atoms with Gasteiger partial charge in [-0.3, -0.25) is 5.10 Å². The highest BCUT2D eigenvalue weighted by Gasteiger charge is 1.93. The zero-order chi connectivity index (χ0) is 7.11. The SMILES string of the molecule is Cl.O=[P+](O)O.c1cn[nH]c1. The summed E-state index contributed by atoms with van der Waals surface area (Å²) in [6.07, 6.45) is 3.46. The molecular formula is C3H7ClN2O3P+. The molecule has 0 spiro atoms. The molecule has 0 aliphatic rings. The first kappa shape index (κ1) is 12.2. The maximum absolute atomic E-state index is 8.70. The van der Waals surface area contributed by atoms with Gasteiger partial charge in [0.15, 0.2) is 0 Å². The quantitative estimate of drug-likeness (QED) is 0.513. The third-order valence-electron chi connectivity index (χ3n) is 0.406. The molecule has 1 rings (SSSR count). The van der Waals surface area contributed by atoms with Crippen molar-refractivity contribution >= 4 is 20.7 Å². The highest BCUT2D eigenvalue weighted by atomic mass is 35.5. The Bertz CT molecular complexity index is 136. The molecule has 0 bridgehead atoms. The monoisotopic (exact) mass is 185 g/mol. The predicted molar refractivity (Wildman–Crippen MR) is 37.9 cm³/mol. The third-order valence-corrected chi connectivity index (χ3v) is 0.406. The first-order valence-corrected chi connectivity index (χ1v) is 3.18. The Morgan fingerprint density at radius 1 is 1.50 bits per heavy atom. The van der Waals surface area contributed by atoms with E-state index in [0.717, 1.165) is 0 Å². The predicted octanol–water partition coefficient (Wildman–Crippen LogP) is 0.460. The summed E-state index contributed by atoms with van der Waals surface area (Å²) < 4.78 is 8.70. The Morgan fingerprint density at radius 3 is 2.10 bits per heavy atom. The van der Waals surface area contributed by atoms with E-state index in [1.165, 1.54) is 0 Å². The van der Waals surface area contributed by atoms with Gasteiger partial charge in [0.2, 0.25) is 0 Å². The summed E-state index contributed by atoms with van der Waals surface area (Å²) in [6, 6.07) is 1.83. The van der Waals surface area contributed by atoms with Crippen LogP contribution in [-0.2, 0) is 4.57 Å². The van der Waals surface area contributed by atoms with Gasteiger partial charge in [-0.1, -0.05) is 0 Å². The standard InChI is InChI=1S/C3H4N2.ClH.HO3P/c1-2-4-5-3-1;;1-4(2)3/h1-3H,(H,4,5);1H;(H-,1,2,3)/p+1. The second-order valence-electron chi connectivity index (χ2n) is 1.02. The van der Waals surface area contributed by atoms with Crippen LogP contribution in [0, 0.1) is 0 Å². The van der Waals surface area contributed by atoms with E-state index >= 15 is 0 Å². The Hall–Kier alpha value is -0.480. The topological polar surface area (TPSA) is 86.2 Å². The van der Waals surface area contributed by atoms with Crippen molar-refractivity contribution in [1.29, 1.82) is 0 Å². The minimum absolute atomic E-state index is 0.